The fourth-order valence-electron chi connectivity index (χ4n) is 1.76. The van der Waals surface area contributed by atoms with Gasteiger partial charge < -0.3 is 5.11 Å². The number of halogens is 1. The van der Waals surface area contributed by atoms with Crippen LogP contribution in [-0.2, 0) is 11.2 Å². The quantitative estimate of drug-likeness (QED) is 0.776. The molecular formula is C11H7ClN2O2S. The highest BCUT2D eigenvalue weighted by Gasteiger charge is 2.10. The highest BCUT2D eigenvalue weighted by molar-refractivity contribution is 7.23. The van der Waals surface area contributed by atoms with Crippen molar-refractivity contribution < 1.29 is 9.90 Å². The maximum absolute atomic E-state index is 10.6. The Balaban J connectivity index is 2.21. The third-order valence-electron chi connectivity index (χ3n) is 2.44. The molecule has 3 rings (SSSR count). The number of rotatable bonds is 2. The van der Waals surface area contributed by atoms with Crippen LogP contribution >= 0.6 is 22.9 Å². The van der Waals surface area contributed by atoms with Crippen molar-refractivity contribution in [2.75, 3.05) is 0 Å². The number of aliphatic carboxylic acids is 1. The fourth-order valence-corrected chi connectivity index (χ4v) is 3.06. The van der Waals surface area contributed by atoms with E-state index in [4.69, 9.17) is 16.7 Å². The summed E-state index contributed by atoms with van der Waals surface area (Å²) in [5, 5.41) is 9.40. The molecule has 0 saturated carbocycles. The van der Waals surface area contributed by atoms with Crippen LogP contribution in [0.3, 0.4) is 0 Å². The molecule has 2 aromatic heterocycles. The van der Waals surface area contributed by atoms with Gasteiger partial charge in [0.1, 0.15) is 0 Å². The number of aromatic nitrogens is 2. The lowest BCUT2D eigenvalue weighted by molar-refractivity contribution is -0.136. The van der Waals surface area contributed by atoms with Crippen LogP contribution < -0.4 is 0 Å². The number of benzene rings is 1. The van der Waals surface area contributed by atoms with Gasteiger partial charge in [0.05, 0.1) is 22.3 Å². The zero-order valence-electron chi connectivity index (χ0n) is 8.55. The minimum Gasteiger partial charge on any atom is -0.481 e. The van der Waals surface area contributed by atoms with E-state index in [1.165, 1.54) is 11.3 Å². The molecule has 0 bridgehead atoms. The second kappa shape index (κ2) is 3.72. The second-order valence-electron chi connectivity index (χ2n) is 3.67. The smallest absolute Gasteiger partial charge is 0.309 e. The molecule has 0 aliphatic carbocycles. The molecular weight excluding hydrogens is 260 g/mol. The number of fused-ring (bicyclic) bond motifs is 3. The molecule has 0 amide bonds. The zero-order valence-corrected chi connectivity index (χ0v) is 10.1. The molecule has 0 atom stereocenters. The van der Waals surface area contributed by atoms with Gasteiger partial charge in [0.2, 0.25) is 0 Å². The Morgan fingerprint density at radius 2 is 2.35 bits per heavy atom. The van der Waals surface area contributed by atoms with Crippen molar-refractivity contribution in [2.24, 2.45) is 0 Å². The van der Waals surface area contributed by atoms with E-state index in [1.807, 2.05) is 22.6 Å². The number of thiazole rings is 1. The summed E-state index contributed by atoms with van der Waals surface area (Å²) in [7, 11) is 0. The predicted octanol–water partition coefficient (Wildman–Crippen LogP) is 2.83. The largest absolute Gasteiger partial charge is 0.481 e. The highest BCUT2D eigenvalue weighted by Crippen LogP contribution is 2.28. The minimum absolute atomic E-state index is 0.0521. The number of carboxylic acids is 1. The van der Waals surface area contributed by atoms with Crippen LogP contribution in [0, 0.1) is 0 Å². The van der Waals surface area contributed by atoms with Gasteiger partial charge in [0.15, 0.2) is 4.96 Å². The molecule has 1 N–H and O–H groups in total. The second-order valence-corrected chi connectivity index (χ2v) is 5.11. The summed E-state index contributed by atoms with van der Waals surface area (Å²) in [6.07, 6.45) is 1.71. The third kappa shape index (κ3) is 1.77. The predicted molar refractivity (Wildman–Crippen MR) is 66.9 cm³/mol. The van der Waals surface area contributed by atoms with Gasteiger partial charge in [-0.3, -0.25) is 9.20 Å². The lowest BCUT2D eigenvalue weighted by Crippen LogP contribution is -1.99. The Morgan fingerprint density at radius 1 is 1.53 bits per heavy atom. The normalized spacial score (nSPS) is 11.4. The Morgan fingerprint density at radius 3 is 3.12 bits per heavy atom. The van der Waals surface area contributed by atoms with Crippen molar-refractivity contribution in [3.8, 4) is 0 Å². The first-order valence-electron chi connectivity index (χ1n) is 4.91. The van der Waals surface area contributed by atoms with E-state index >= 15 is 0 Å². The van der Waals surface area contributed by atoms with Crippen LogP contribution in [0.25, 0.3) is 15.2 Å². The number of imidazole rings is 1. The van der Waals surface area contributed by atoms with Gasteiger partial charge in [-0.05, 0) is 18.2 Å². The van der Waals surface area contributed by atoms with Crippen molar-refractivity contribution in [3.63, 3.8) is 0 Å². The summed E-state index contributed by atoms with van der Waals surface area (Å²) >= 11 is 7.41. The third-order valence-corrected chi connectivity index (χ3v) is 3.69. The van der Waals surface area contributed by atoms with E-state index in [1.54, 1.807) is 6.20 Å². The van der Waals surface area contributed by atoms with Gasteiger partial charge in [0, 0.05) is 11.2 Å². The van der Waals surface area contributed by atoms with E-state index in [-0.39, 0.29) is 6.42 Å². The average Bonchev–Trinajstić information content (AvgIpc) is 2.72. The number of hydrogen-bond acceptors (Lipinski definition) is 3. The van der Waals surface area contributed by atoms with Crippen molar-refractivity contribution in [2.45, 2.75) is 6.42 Å². The first kappa shape index (κ1) is 10.6. The topological polar surface area (TPSA) is 54.6 Å². The summed E-state index contributed by atoms with van der Waals surface area (Å²) < 4.78 is 2.94. The van der Waals surface area contributed by atoms with Crippen molar-refractivity contribution in [1.82, 2.24) is 9.38 Å². The molecule has 0 aliphatic rings. The zero-order chi connectivity index (χ0) is 12.0. The van der Waals surface area contributed by atoms with Gasteiger partial charge in [-0.25, -0.2) is 4.98 Å². The summed E-state index contributed by atoms with van der Waals surface area (Å²) in [4.78, 5) is 15.7. The summed E-state index contributed by atoms with van der Waals surface area (Å²) in [6.45, 7) is 0. The van der Waals surface area contributed by atoms with E-state index in [2.05, 4.69) is 4.98 Å². The van der Waals surface area contributed by atoms with E-state index in [9.17, 15) is 4.79 Å². The van der Waals surface area contributed by atoms with Crippen molar-refractivity contribution in [3.05, 3.63) is 35.1 Å². The molecule has 0 unspecified atom stereocenters. The Bertz CT molecular complexity index is 732. The Kier molecular flexibility index (Phi) is 2.31. The molecule has 0 saturated heterocycles. The first-order valence-corrected chi connectivity index (χ1v) is 6.11. The van der Waals surface area contributed by atoms with E-state index in [0.29, 0.717) is 10.7 Å². The van der Waals surface area contributed by atoms with E-state index in [0.717, 1.165) is 15.2 Å². The summed E-state index contributed by atoms with van der Waals surface area (Å²) in [5.74, 6) is -0.872. The SMILES string of the molecule is O=C(O)Cc1cn2c(n1)sc1cc(Cl)ccc12. The molecule has 17 heavy (non-hydrogen) atoms. The first-order chi connectivity index (χ1) is 8.13. The monoisotopic (exact) mass is 266 g/mol. The Hall–Kier alpha value is -1.59. The van der Waals surface area contributed by atoms with Gasteiger partial charge >= 0.3 is 5.97 Å². The number of hydrogen-bond donors (Lipinski definition) is 1. The standard InChI is InChI=1S/C11H7ClN2O2S/c12-6-1-2-8-9(3-6)17-11-13-7(4-10(15)16)5-14(8)11/h1-3,5H,4H2,(H,15,16). The van der Waals surface area contributed by atoms with Gasteiger partial charge in [-0.2, -0.15) is 0 Å². The van der Waals surface area contributed by atoms with Crippen LogP contribution in [0.1, 0.15) is 5.69 Å². The summed E-state index contributed by atoms with van der Waals surface area (Å²) in [6, 6.07) is 5.60. The number of carboxylic acid groups (broad SMARTS) is 1. The molecule has 2 heterocycles. The van der Waals surface area contributed by atoms with Crippen LogP contribution in [0.15, 0.2) is 24.4 Å². The fraction of sp³-hybridized carbons (Fsp3) is 0.0909. The van der Waals surface area contributed by atoms with E-state index < -0.39 is 5.97 Å². The maximum atomic E-state index is 10.6. The van der Waals surface area contributed by atoms with Gasteiger partial charge in [0.25, 0.3) is 0 Å². The number of nitrogens with zero attached hydrogens (tertiary/aromatic N) is 2. The molecule has 0 aliphatic heterocycles. The highest BCUT2D eigenvalue weighted by atomic mass is 35.5. The van der Waals surface area contributed by atoms with Crippen molar-refractivity contribution >= 4 is 44.1 Å². The Labute approximate surface area is 105 Å². The average molecular weight is 267 g/mol. The molecule has 0 spiro atoms. The minimum atomic E-state index is -0.872. The lowest BCUT2D eigenvalue weighted by atomic mass is 10.3. The molecule has 0 radical (unpaired) electrons. The number of carbonyl (C=O) groups is 1. The van der Waals surface area contributed by atoms with Crippen LogP contribution in [0.2, 0.25) is 5.02 Å². The molecule has 86 valence electrons. The van der Waals surface area contributed by atoms with Crippen LogP contribution in [0.5, 0.6) is 0 Å². The molecule has 0 fully saturated rings. The molecule has 3 aromatic rings. The lowest BCUT2D eigenvalue weighted by Gasteiger charge is -1.91. The summed E-state index contributed by atoms with van der Waals surface area (Å²) in [5.41, 5.74) is 1.57. The van der Waals surface area contributed by atoms with Crippen LogP contribution in [-0.4, -0.2) is 20.5 Å². The molecule has 4 nitrogen and oxygen atoms in total. The maximum Gasteiger partial charge on any atom is 0.309 e. The van der Waals surface area contributed by atoms with Crippen molar-refractivity contribution in [1.29, 1.82) is 0 Å². The van der Waals surface area contributed by atoms with Gasteiger partial charge in [-0.15, -0.1) is 0 Å². The van der Waals surface area contributed by atoms with Crippen LogP contribution in [0.4, 0.5) is 0 Å². The molecule has 6 heteroatoms. The molecule has 1 aromatic carbocycles. The van der Waals surface area contributed by atoms with Gasteiger partial charge in [-0.1, -0.05) is 22.9 Å².